The molecule has 0 heterocycles. The fourth-order valence-corrected chi connectivity index (χ4v) is 1.63. The van der Waals surface area contributed by atoms with Gasteiger partial charge in [-0.15, -0.1) is 0 Å². The average molecular weight is 307 g/mol. The largest absolute Gasteiger partial charge is 0.485 e. The summed E-state index contributed by atoms with van der Waals surface area (Å²) in [7, 11) is 0. The second-order valence-corrected chi connectivity index (χ2v) is 4.17. The molecule has 0 aliphatic heterocycles. The Labute approximate surface area is 105 Å². The number of hydrogen-bond acceptors (Lipinski definition) is 2. The number of aliphatic carboxylic acids is 1. The van der Waals surface area contributed by atoms with Crippen molar-refractivity contribution >= 4 is 21.9 Å². The maximum Gasteiger partial charge on any atom is 0.328 e. The first kappa shape index (κ1) is 13.6. The number of carbonyl (C=O) groups is 1. The van der Waals surface area contributed by atoms with Crippen molar-refractivity contribution in [3.05, 3.63) is 39.9 Å². The first-order chi connectivity index (χ1) is 7.90. The molecule has 92 valence electrons. The van der Waals surface area contributed by atoms with Crippen LogP contribution in [0.4, 0.5) is 8.78 Å². The lowest BCUT2D eigenvalue weighted by molar-refractivity contribution is -0.131. The van der Waals surface area contributed by atoms with E-state index in [9.17, 15) is 13.6 Å². The fourth-order valence-electron chi connectivity index (χ4n) is 1.11. The van der Waals surface area contributed by atoms with Crippen molar-refractivity contribution in [2.75, 3.05) is 6.61 Å². The van der Waals surface area contributed by atoms with Crippen molar-refractivity contribution in [2.45, 2.75) is 6.92 Å². The molecular weight excluding hydrogens is 298 g/mol. The molecule has 0 bridgehead atoms. The SMILES string of the molecule is CC(=CC(=O)O)COc1c(F)cc(F)cc1Br. The number of carboxylic acids is 1. The van der Waals surface area contributed by atoms with Crippen molar-refractivity contribution in [3.63, 3.8) is 0 Å². The molecule has 0 spiro atoms. The zero-order valence-electron chi connectivity index (χ0n) is 8.84. The van der Waals surface area contributed by atoms with E-state index in [-0.39, 0.29) is 16.8 Å². The number of carboxylic acid groups (broad SMARTS) is 1. The smallest absolute Gasteiger partial charge is 0.328 e. The number of ether oxygens (including phenoxy) is 1. The minimum Gasteiger partial charge on any atom is -0.485 e. The molecule has 0 saturated heterocycles. The summed E-state index contributed by atoms with van der Waals surface area (Å²) in [6.45, 7) is 1.44. The molecule has 0 aliphatic rings. The van der Waals surface area contributed by atoms with Crippen molar-refractivity contribution < 1.29 is 23.4 Å². The zero-order valence-corrected chi connectivity index (χ0v) is 10.4. The lowest BCUT2D eigenvalue weighted by Gasteiger charge is -2.09. The summed E-state index contributed by atoms with van der Waals surface area (Å²) in [5, 5.41) is 8.46. The fraction of sp³-hybridized carbons (Fsp3) is 0.182. The summed E-state index contributed by atoms with van der Waals surface area (Å²) in [6.07, 6.45) is 0.954. The first-order valence-corrected chi connectivity index (χ1v) is 5.37. The molecule has 3 nitrogen and oxygen atoms in total. The van der Waals surface area contributed by atoms with Crippen LogP contribution < -0.4 is 4.74 Å². The Bertz CT molecular complexity index is 449. The summed E-state index contributed by atoms with van der Waals surface area (Å²) >= 11 is 2.96. The van der Waals surface area contributed by atoms with Gasteiger partial charge in [0.05, 0.1) is 4.47 Å². The molecule has 0 aliphatic carbocycles. The summed E-state index contributed by atoms with van der Waals surface area (Å²) in [4.78, 5) is 10.3. The van der Waals surface area contributed by atoms with E-state index < -0.39 is 17.6 Å². The molecule has 1 rings (SSSR count). The van der Waals surface area contributed by atoms with E-state index >= 15 is 0 Å². The molecule has 0 unspecified atom stereocenters. The maximum absolute atomic E-state index is 13.3. The van der Waals surface area contributed by atoms with Crippen LogP contribution in [0.25, 0.3) is 0 Å². The van der Waals surface area contributed by atoms with Crippen molar-refractivity contribution in [1.82, 2.24) is 0 Å². The van der Waals surface area contributed by atoms with Gasteiger partial charge in [0.2, 0.25) is 0 Å². The Morgan fingerprint density at radius 2 is 2.18 bits per heavy atom. The van der Waals surface area contributed by atoms with E-state index in [1.807, 2.05) is 0 Å². The lowest BCUT2D eigenvalue weighted by atomic mass is 10.3. The van der Waals surface area contributed by atoms with Crippen LogP contribution in [0.2, 0.25) is 0 Å². The first-order valence-electron chi connectivity index (χ1n) is 4.57. The van der Waals surface area contributed by atoms with Gasteiger partial charge in [-0.3, -0.25) is 0 Å². The van der Waals surface area contributed by atoms with E-state index in [4.69, 9.17) is 9.84 Å². The van der Waals surface area contributed by atoms with Crippen LogP contribution in [-0.2, 0) is 4.79 Å². The third-order valence-electron chi connectivity index (χ3n) is 1.78. The molecule has 6 heteroatoms. The van der Waals surface area contributed by atoms with Crippen LogP contribution in [0, 0.1) is 11.6 Å². The minimum absolute atomic E-state index is 0.0898. The molecule has 0 aromatic heterocycles. The Kier molecular flexibility index (Phi) is 4.62. The van der Waals surface area contributed by atoms with E-state index in [0.29, 0.717) is 11.6 Å². The Morgan fingerprint density at radius 1 is 1.53 bits per heavy atom. The quantitative estimate of drug-likeness (QED) is 0.869. The second-order valence-electron chi connectivity index (χ2n) is 3.32. The maximum atomic E-state index is 13.3. The molecule has 1 aromatic rings. The third-order valence-corrected chi connectivity index (χ3v) is 2.37. The van der Waals surface area contributed by atoms with Crippen molar-refractivity contribution in [1.29, 1.82) is 0 Å². The van der Waals surface area contributed by atoms with E-state index in [0.717, 1.165) is 12.1 Å². The zero-order chi connectivity index (χ0) is 13.0. The summed E-state index contributed by atoms with van der Waals surface area (Å²) in [5.41, 5.74) is 0.410. The van der Waals surface area contributed by atoms with Crippen molar-refractivity contribution in [2.24, 2.45) is 0 Å². The predicted octanol–water partition coefficient (Wildman–Crippen LogP) is 3.14. The number of benzene rings is 1. The molecule has 1 aromatic carbocycles. The summed E-state index contributed by atoms with van der Waals surface area (Å²) < 4.78 is 31.3. The second kappa shape index (κ2) is 5.77. The van der Waals surface area contributed by atoms with Crippen LogP contribution in [0.5, 0.6) is 5.75 Å². The van der Waals surface area contributed by atoms with E-state index in [2.05, 4.69) is 15.9 Å². The van der Waals surface area contributed by atoms with Gasteiger partial charge in [0, 0.05) is 12.1 Å². The topological polar surface area (TPSA) is 46.5 Å². The molecule has 1 N–H and O–H groups in total. The van der Waals surface area contributed by atoms with E-state index in [1.54, 1.807) is 0 Å². The molecular formula is C11H9BrF2O3. The molecule has 0 fully saturated rings. The lowest BCUT2D eigenvalue weighted by Crippen LogP contribution is -2.03. The van der Waals surface area contributed by atoms with Crippen LogP contribution >= 0.6 is 15.9 Å². The highest BCUT2D eigenvalue weighted by Crippen LogP contribution is 2.29. The van der Waals surface area contributed by atoms with Gasteiger partial charge in [-0.05, 0) is 34.5 Å². The monoisotopic (exact) mass is 306 g/mol. The van der Waals surface area contributed by atoms with E-state index in [1.165, 1.54) is 6.92 Å². The Morgan fingerprint density at radius 3 is 2.71 bits per heavy atom. The summed E-state index contributed by atoms with van der Waals surface area (Å²) in [6, 6.07) is 1.75. The highest BCUT2D eigenvalue weighted by Gasteiger charge is 2.11. The predicted molar refractivity (Wildman–Crippen MR) is 60.9 cm³/mol. The van der Waals surface area contributed by atoms with Crippen LogP contribution in [0.1, 0.15) is 6.92 Å². The highest BCUT2D eigenvalue weighted by atomic mass is 79.9. The molecule has 0 amide bonds. The van der Waals surface area contributed by atoms with Gasteiger partial charge in [0.25, 0.3) is 0 Å². The highest BCUT2D eigenvalue weighted by molar-refractivity contribution is 9.10. The van der Waals surface area contributed by atoms with Crippen LogP contribution in [-0.4, -0.2) is 17.7 Å². The number of hydrogen-bond donors (Lipinski definition) is 1. The standard InChI is InChI=1S/C11H9BrF2O3/c1-6(2-10(15)16)5-17-11-8(12)3-7(13)4-9(11)14/h2-4H,5H2,1H3,(H,15,16). The van der Waals surface area contributed by atoms with Crippen LogP contribution in [0.15, 0.2) is 28.3 Å². The van der Waals surface area contributed by atoms with Gasteiger partial charge in [0.15, 0.2) is 11.6 Å². The number of halogens is 3. The summed E-state index contributed by atoms with van der Waals surface area (Å²) in [5.74, 6) is -2.83. The molecule has 17 heavy (non-hydrogen) atoms. The van der Waals surface area contributed by atoms with Gasteiger partial charge in [-0.1, -0.05) is 0 Å². The van der Waals surface area contributed by atoms with Gasteiger partial charge < -0.3 is 9.84 Å². The van der Waals surface area contributed by atoms with Crippen LogP contribution in [0.3, 0.4) is 0 Å². The average Bonchev–Trinajstić information content (AvgIpc) is 2.14. The molecule has 0 radical (unpaired) electrons. The van der Waals surface area contributed by atoms with Gasteiger partial charge >= 0.3 is 5.97 Å². The third kappa shape index (κ3) is 4.14. The van der Waals surface area contributed by atoms with Crippen molar-refractivity contribution in [3.8, 4) is 5.75 Å². The van der Waals surface area contributed by atoms with Gasteiger partial charge in [-0.25, -0.2) is 13.6 Å². The molecule has 0 atom stereocenters. The van der Waals surface area contributed by atoms with Gasteiger partial charge in [-0.2, -0.15) is 0 Å². The Hall–Kier alpha value is -1.43. The normalized spacial score (nSPS) is 11.4. The minimum atomic E-state index is -1.11. The number of rotatable bonds is 4. The molecule has 0 saturated carbocycles. The van der Waals surface area contributed by atoms with Gasteiger partial charge in [0.1, 0.15) is 12.4 Å². The Balaban J connectivity index is 2.80.